The van der Waals surface area contributed by atoms with Gasteiger partial charge in [-0.15, -0.1) is 0 Å². The molecule has 0 spiro atoms. The van der Waals surface area contributed by atoms with Crippen LogP contribution in [0.1, 0.15) is 25.5 Å². The summed E-state index contributed by atoms with van der Waals surface area (Å²) in [4.78, 5) is 9.98. The van der Waals surface area contributed by atoms with E-state index in [4.69, 9.17) is 18.0 Å². The third-order valence-corrected chi connectivity index (χ3v) is 4.12. The highest BCUT2D eigenvalue weighted by Gasteiger charge is 2.25. The minimum absolute atomic E-state index is 0.252. The molecule has 1 aromatic rings. The number of aromatic nitrogens is 1. The van der Waals surface area contributed by atoms with E-state index in [1.165, 1.54) is 0 Å². The third-order valence-electron chi connectivity index (χ3n) is 3.84. The fourth-order valence-corrected chi connectivity index (χ4v) is 3.01. The number of pyridine rings is 1. The summed E-state index contributed by atoms with van der Waals surface area (Å²) in [7, 11) is 0. The molecule has 0 aromatic carbocycles. The molecule has 2 N–H and O–H groups in total. The van der Waals surface area contributed by atoms with Crippen molar-refractivity contribution in [1.82, 2.24) is 9.88 Å². The molecule has 0 amide bonds. The Balaban J connectivity index is 1.96. The van der Waals surface area contributed by atoms with E-state index in [1.807, 2.05) is 13.0 Å². The molecule has 1 aromatic heterocycles. The van der Waals surface area contributed by atoms with Gasteiger partial charge in [0.2, 0.25) is 0 Å². The standard InChI is InChI=1S/C15H24N4S/c1-3-5-13(15(16)20)18-8-10-19(11-9-18)14-7-4-6-12(2)17-14/h4,6-7,13H,3,5,8-11H2,1-2H3,(H2,16,20). The maximum atomic E-state index is 5.88. The van der Waals surface area contributed by atoms with Crippen LogP contribution in [0.25, 0.3) is 0 Å². The van der Waals surface area contributed by atoms with E-state index < -0.39 is 0 Å². The molecule has 1 aliphatic rings. The summed E-state index contributed by atoms with van der Waals surface area (Å²) in [5.41, 5.74) is 6.95. The van der Waals surface area contributed by atoms with Crippen LogP contribution in [-0.2, 0) is 0 Å². The lowest BCUT2D eigenvalue weighted by atomic mass is 10.1. The molecule has 1 fully saturated rings. The van der Waals surface area contributed by atoms with Crippen LogP contribution in [0.4, 0.5) is 5.82 Å². The van der Waals surface area contributed by atoms with Gasteiger partial charge in [-0.3, -0.25) is 4.90 Å². The number of hydrogen-bond acceptors (Lipinski definition) is 4. The number of anilines is 1. The van der Waals surface area contributed by atoms with Crippen LogP contribution in [-0.4, -0.2) is 47.1 Å². The number of nitrogens with two attached hydrogens (primary N) is 1. The SMILES string of the molecule is CCCC(C(N)=S)N1CCN(c2cccc(C)n2)CC1. The highest BCUT2D eigenvalue weighted by molar-refractivity contribution is 7.80. The van der Waals surface area contributed by atoms with Crippen molar-refractivity contribution in [2.75, 3.05) is 31.1 Å². The molecule has 110 valence electrons. The molecule has 1 atom stereocenters. The van der Waals surface area contributed by atoms with Gasteiger partial charge in [-0.05, 0) is 25.5 Å². The summed E-state index contributed by atoms with van der Waals surface area (Å²) in [5.74, 6) is 1.08. The van der Waals surface area contributed by atoms with Gasteiger partial charge in [-0.2, -0.15) is 0 Å². The first kappa shape index (κ1) is 15.2. The third kappa shape index (κ3) is 3.67. The summed E-state index contributed by atoms with van der Waals surface area (Å²) in [6.07, 6.45) is 2.17. The van der Waals surface area contributed by atoms with E-state index >= 15 is 0 Å². The van der Waals surface area contributed by atoms with Gasteiger partial charge in [-0.25, -0.2) is 4.98 Å². The second-order valence-corrected chi connectivity index (χ2v) is 5.84. The number of thiocarbonyl (C=S) groups is 1. The zero-order valence-electron chi connectivity index (χ0n) is 12.4. The van der Waals surface area contributed by atoms with E-state index in [9.17, 15) is 0 Å². The summed E-state index contributed by atoms with van der Waals surface area (Å²) < 4.78 is 0. The first-order valence-corrected chi connectivity index (χ1v) is 7.74. The second kappa shape index (κ2) is 6.99. The van der Waals surface area contributed by atoms with E-state index in [-0.39, 0.29) is 6.04 Å². The predicted octanol–water partition coefficient (Wildman–Crippen LogP) is 1.97. The topological polar surface area (TPSA) is 45.4 Å². The molecule has 0 aliphatic carbocycles. The van der Waals surface area contributed by atoms with E-state index in [2.05, 4.69) is 33.8 Å². The zero-order chi connectivity index (χ0) is 14.5. The van der Waals surface area contributed by atoms with Gasteiger partial charge < -0.3 is 10.6 Å². The van der Waals surface area contributed by atoms with Crippen LogP contribution in [0, 0.1) is 6.92 Å². The molecule has 1 saturated heterocycles. The van der Waals surface area contributed by atoms with Crippen molar-refractivity contribution in [3.8, 4) is 0 Å². The molecule has 0 radical (unpaired) electrons. The molecule has 1 aliphatic heterocycles. The minimum atomic E-state index is 0.252. The van der Waals surface area contributed by atoms with Crippen LogP contribution in [0.5, 0.6) is 0 Å². The van der Waals surface area contributed by atoms with Crippen LogP contribution in [0.2, 0.25) is 0 Å². The smallest absolute Gasteiger partial charge is 0.128 e. The van der Waals surface area contributed by atoms with Gasteiger partial charge in [0.1, 0.15) is 5.82 Å². The average Bonchev–Trinajstić information content (AvgIpc) is 2.45. The molecule has 2 heterocycles. The number of rotatable bonds is 5. The molecular formula is C15H24N4S. The van der Waals surface area contributed by atoms with Crippen LogP contribution >= 0.6 is 12.2 Å². The first-order valence-electron chi connectivity index (χ1n) is 7.33. The Morgan fingerprint density at radius 2 is 2.05 bits per heavy atom. The molecule has 2 rings (SSSR count). The van der Waals surface area contributed by atoms with Crippen molar-refractivity contribution < 1.29 is 0 Å². The predicted molar refractivity (Wildman–Crippen MR) is 88.2 cm³/mol. The summed E-state index contributed by atoms with van der Waals surface area (Å²) in [6, 6.07) is 6.44. The van der Waals surface area contributed by atoms with E-state index in [0.29, 0.717) is 4.99 Å². The van der Waals surface area contributed by atoms with Crippen molar-refractivity contribution in [3.63, 3.8) is 0 Å². The zero-order valence-corrected chi connectivity index (χ0v) is 13.2. The van der Waals surface area contributed by atoms with Crippen molar-refractivity contribution >= 4 is 23.0 Å². The number of aryl methyl sites for hydroxylation is 1. The normalized spacial score (nSPS) is 18.0. The molecule has 1 unspecified atom stereocenters. The fraction of sp³-hybridized carbons (Fsp3) is 0.600. The Hall–Kier alpha value is -1.20. The lowest BCUT2D eigenvalue weighted by Crippen LogP contribution is -2.54. The number of piperazine rings is 1. The Bertz CT molecular complexity index is 455. The summed E-state index contributed by atoms with van der Waals surface area (Å²) in [5, 5.41) is 0. The van der Waals surface area contributed by atoms with Gasteiger partial charge in [0, 0.05) is 31.9 Å². The highest BCUT2D eigenvalue weighted by atomic mass is 32.1. The molecule has 0 bridgehead atoms. The largest absolute Gasteiger partial charge is 0.392 e. The minimum Gasteiger partial charge on any atom is -0.392 e. The van der Waals surface area contributed by atoms with Crippen molar-refractivity contribution in [3.05, 3.63) is 23.9 Å². The lowest BCUT2D eigenvalue weighted by Gasteiger charge is -2.39. The van der Waals surface area contributed by atoms with Crippen LogP contribution < -0.4 is 10.6 Å². The maximum Gasteiger partial charge on any atom is 0.128 e. The monoisotopic (exact) mass is 292 g/mol. The maximum absolute atomic E-state index is 5.88. The van der Waals surface area contributed by atoms with Crippen LogP contribution in [0.3, 0.4) is 0 Å². The molecule has 4 nitrogen and oxygen atoms in total. The quantitative estimate of drug-likeness (QED) is 0.841. The van der Waals surface area contributed by atoms with Crippen molar-refractivity contribution in [2.45, 2.75) is 32.7 Å². The number of nitrogens with zero attached hydrogens (tertiary/aromatic N) is 3. The van der Waals surface area contributed by atoms with E-state index in [0.717, 1.165) is 50.5 Å². The molecular weight excluding hydrogens is 268 g/mol. The van der Waals surface area contributed by atoms with Gasteiger partial charge in [-0.1, -0.05) is 31.6 Å². The molecule has 5 heteroatoms. The van der Waals surface area contributed by atoms with Crippen molar-refractivity contribution in [2.24, 2.45) is 5.73 Å². The Morgan fingerprint density at radius 1 is 1.35 bits per heavy atom. The summed E-state index contributed by atoms with van der Waals surface area (Å²) in [6.45, 7) is 8.18. The Labute approximate surface area is 127 Å². The van der Waals surface area contributed by atoms with Gasteiger partial charge in [0.25, 0.3) is 0 Å². The molecule has 0 saturated carbocycles. The Morgan fingerprint density at radius 3 is 2.60 bits per heavy atom. The van der Waals surface area contributed by atoms with Crippen molar-refractivity contribution in [1.29, 1.82) is 0 Å². The number of hydrogen-bond donors (Lipinski definition) is 1. The molecule has 20 heavy (non-hydrogen) atoms. The Kier molecular flexibility index (Phi) is 5.31. The van der Waals surface area contributed by atoms with Gasteiger partial charge >= 0.3 is 0 Å². The first-order chi connectivity index (χ1) is 9.61. The van der Waals surface area contributed by atoms with Gasteiger partial charge in [0.15, 0.2) is 0 Å². The fourth-order valence-electron chi connectivity index (χ4n) is 2.75. The lowest BCUT2D eigenvalue weighted by molar-refractivity contribution is 0.219. The van der Waals surface area contributed by atoms with Gasteiger partial charge in [0.05, 0.1) is 11.0 Å². The van der Waals surface area contributed by atoms with Crippen LogP contribution in [0.15, 0.2) is 18.2 Å². The average molecular weight is 292 g/mol. The summed E-state index contributed by atoms with van der Waals surface area (Å²) >= 11 is 5.21. The highest BCUT2D eigenvalue weighted by Crippen LogP contribution is 2.17. The second-order valence-electron chi connectivity index (χ2n) is 5.37. The van der Waals surface area contributed by atoms with E-state index in [1.54, 1.807) is 0 Å².